The second kappa shape index (κ2) is 15.0. The fourth-order valence-corrected chi connectivity index (χ4v) is 5.33. The van der Waals surface area contributed by atoms with Gasteiger partial charge in [-0.3, -0.25) is 4.90 Å². The largest absolute Gasteiger partial charge is 0.389 e. The molecule has 0 aromatic heterocycles. The summed E-state index contributed by atoms with van der Waals surface area (Å²) in [6, 6.07) is 39.7. The van der Waals surface area contributed by atoms with Gasteiger partial charge in [-0.2, -0.15) is 0 Å². The molecule has 6 heteroatoms. The van der Waals surface area contributed by atoms with Crippen LogP contribution in [-0.4, -0.2) is 58.7 Å². The molecule has 1 heterocycles. The minimum atomic E-state index is -1.14. The maximum absolute atomic E-state index is 11.4. The Bertz CT molecular complexity index is 1280. The lowest BCUT2D eigenvalue weighted by Gasteiger charge is -2.37. The van der Waals surface area contributed by atoms with Gasteiger partial charge >= 0.3 is 0 Å². The van der Waals surface area contributed by atoms with Crippen molar-refractivity contribution in [2.24, 2.45) is 0 Å². The van der Waals surface area contributed by atoms with Gasteiger partial charge in [0.1, 0.15) is 18.3 Å². The zero-order valence-corrected chi connectivity index (χ0v) is 23.2. The van der Waals surface area contributed by atoms with Crippen molar-refractivity contribution < 1.29 is 24.4 Å². The van der Waals surface area contributed by atoms with E-state index in [-0.39, 0.29) is 19.2 Å². The molecule has 1 saturated heterocycles. The van der Waals surface area contributed by atoms with Crippen LogP contribution in [0.4, 0.5) is 0 Å². The maximum atomic E-state index is 11.4. The van der Waals surface area contributed by atoms with Crippen LogP contribution in [0.25, 0.3) is 0 Å². The molecule has 4 aromatic rings. The fraction of sp³-hybridized carbons (Fsp3) is 0.314. The number of rotatable bonds is 12. The van der Waals surface area contributed by atoms with E-state index in [9.17, 15) is 10.2 Å². The SMILES string of the molecule is O[C@@H]1[C@@H](OCc2ccccc2)[C@H](OCc2ccccc2)[C@@H](COCc2ccccc2)N(Cc2ccccc2)C[C@@H]1O. The molecule has 1 aliphatic rings. The van der Waals surface area contributed by atoms with Crippen LogP contribution in [0, 0.1) is 0 Å². The molecule has 1 aliphatic heterocycles. The van der Waals surface area contributed by atoms with Crippen LogP contribution in [0.15, 0.2) is 121 Å². The van der Waals surface area contributed by atoms with Crippen LogP contribution in [0.3, 0.4) is 0 Å². The van der Waals surface area contributed by atoms with E-state index in [2.05, 4.69) is 17.0 Å². The summed E-state index contributed by atoms with van der Waals surface area (Å²) in [6.07, 6.45) is -3.52. The molecular formula is C35H39NO5. The predicted molar refractivity (Wildman–Crippen MR) is 159 cm³/mol. The van der Waals surface area contributed by atoms with E-state index in [1.54, 1.807) is 0 Å². The number of aliphatic hydroxyl groups is 2. The van der Waals surface area contributed by atoms with Gasteiger partial charge in [0.2, 0.25) is 0 Å². The lowest BCUT2D eigenvalue weighted by molar-refractivity contribution is -0.161. The van der Waals surface area contributed by atoms with Crippen molar-refractivity contribution in [1.29, 1.82) is 0 Å². The summed E-state index contributed by atoms with van der Waals surface area (Å²) in [7, 11) is 0. The van der Waals surface area contributed by atoms with Gasteiger partial charge in [0, 0.05) is 13.1 Å². The number of β-amino-alcohol motifs (C(OH)–C–C–N with tert-alkyl or cyclic N) is 1. The van der Waals surface area contributed by atoms with Gasteiger partial charge in [-0.05, 0) is 22.3 Å². The van der Waals surface area contributed by atoms with Crippen molar-refractivity contribution >= 4 is 0 Å². The van der Waals surface area contributed by atoms with Crippen LogP contribution in [0.5, 0.6) is 0 Å². The van der Waals surface area contributed by atoms with E-state index in [0.717, 1.165) is 22.3 Å². The summed E-state index contributed by atoms with van der Waals surface area (Å²) in [5, 5.41) is 22.7. The first-order valence-corrected chi connectivity index (χ1v) is 14.2. The molecule has 0 radical (unpaired) electrons. The third kappa shape index (κ3) is 8.33. The molecule has 6 nitrogen and oxygen atoms in total. The highest BCUT2D eigenvalue weighted by molar-refractivity contribution is 5.17. The normalized spacial score (nSPS) is 23.2. The van der Waals surface area contributed by atoms with Gasteiger partial charge in [-0.25, -0.2) is 0 Å². The topological polar surface area (TPSA) is 71.4 Å². The average Bonchev–Trinajstić information content (AvgIpc) is 3.11. The van der Waals surface area contributed by atoms with E-state index in [1.807, 2.05) is 109 Å². The Hall–Kier alpha value is -3.36. The summed E-state index contributed by atoms with van der Waals surface area (Å²) in [5.41, 5.74) is 4.19. The molecule has 41 heavy (non-hydrogen) atoms. The first-order valence-electron chi connectivity index (χ1n) is 14.2. The van der Waals surface area contributed by atoms with Crippen molar-refractivity contribution in [3.8, 4) is 0 Å². The molecule has 1 fully saturated rings. The van der Waals surface area contributed by atoms with Crippen LogP contribution in [-0.2, 0) is 40.6 Å². The van der Waals surface area contributed by atoms with Gasteiger partial charge in [0.15, 0.2) is 0 Å². The molecule has 2 N–H and O–H groups in total. The van der Waals surface area contributed by atoms with Crippen molar-refractivity contribution in [2.45, 2.75) is 56.8 Å². The Morgan fingerprint density at radius 2 is 1.00 bits per heavy atom. The Balaban J connectivity index is 1.44. The number of likely N-dealkylation sites (tertiary alicyclic amines) is 1. The van der Waals surface area contributed by atoms with Crippen molar-refractivity contribution in [1.82, 2.24) is 4.90 Å². The molecule has 214 valence electrons. The first kappa shape index (κ1) is 29.1. The van der Waals surface area contributed by atoms with E-state index in [0.29, 0.717) is 26.4 Å². The van der Waals surface area contributed by atoms with E-state index in [4.69, 9.17) is 14.2 Å². The summed E-state index contributed by atoms with van der Waals surface area (Å²) < 4.78 is 19.3. The monoisotopic (exact) mass is 553 g/mol. The molecular weight excluding hydrogens is 514 g/mol. The zero-order valence-electron chi connectivity index (χ0n) is 23.2. The molecule has 0 saturated carbocycles. The number of nitrogens with zero attached hydrogens (tertiary/aromatic N) is 1. The third-order valence-corrected chi connectivity index (χ3v) is 7.52. The molecule has 0 aliphatic carbocycles. The lowest BCUT2D eigenvalue weighted by Crippen LogP contribution is -2.53. The molecule has 4 aromatic carbocycles. The second-order valence-electron chi connectivity index (χ2n) is 10.6. The highest BCUT2D eigenvalue weighted by Crippen LogP contribution is 2.28. The fourth-order valence-electron chi connectivity index (χ4n) is 5.33. The zero-order chi connectivity index (χ0) is 28.3. The minimum Gasteiger partial charge on any atom is -0.389 e. The van der Waals surface area contributed by atoms with E-state index < -0.39 is 24.4 Å². The second-order valence-corrected chi connectivity index (χ2v) is 10.6. The summed E-state index contributed by atoms with van der Waals surface area (Å²) in [4.78, 5) is 2.16. The number of ether oxygens (including phenoxy) is 3. The van der Waals surface area contributed by atoms with E-state index in [1.165, 1.54) is 0 Å². The minimum absolute atomic E-state index is 0.256. The molecule has 5 rings (SSSR count). The Kier molecular flexibility index (Phi) is 10.7. The summed E-state index contributed by atoms with van der Waals surface area (Å²) in [6.45, 7) is 2.24. The van der Waals surface area contributed by atoms with Gasteiger partial charge in [0.25, 0.3) is 0 Å². The number of benzene rings is 4. The van der Waals surface area contributed by atoms with Gasteiger partial charge in [-0.1, -0.05) is 121 Å². The lowest BCUT2D eigenvalue weighted by atomic mass is 9.99. The first-order chi connectivity index (χ1) is 20.2. The molecule has 0 amide bonds. The van der Waals surface area contributed by atoms with E-state index >= 15 is 0 Å². The number of hydrogen-bond acceptors (Lipinski definition) is 6. The van der Waals surface area contributed by atoms with Gasteiger partial charge in [0.05, 0.1) is 38.6 Å². The average molecular weight is 554 g/mol. The Morgan fingerprint density at radius 1 is 0.561 bits per heavy atom. The van der Waals surface area contributed by atoms with Gasteiger partial charge < -0.3 is 24.4 Å². The highest BCUT2D eigenvalue weighted by Gasteiger charge is 2.45. The number of hydrogen-bond donors (Lipinski definition) is 2. The number of aliphatic hydroxyl groups excluding tert-OH is 2. The van der Waals surface area contributed by atoms with Crippen LogP contribution < -0.4 is 0 Å². The molecule has 0 spiro atoms. The van der Waals surface area contributed by atoms with Crippen molar-refractivity contribution in [2.75, 3.05) is 13.2 Å². The standard InChI is InChI=1S/C35H39NO5/c37-32-22-36(21-27-13-5-1-6-14-27)31(26-39-23-28-15-7-2-8-16-28)34(40-24-29-17-9-3-10-18-29)35(33(32)38)41-25-30-19-11-4-12-20-30/h1-20,31-35,37-38H,21-26H2/t31-,32+,33+,34-,35-/m1/s1. The van der Waals surface area contributed by atoms with Gasteiger partial charge in [-0.15, -0.1) is 0 Å². The Morgan fingerprint density at radius 3 is 1.51 bits per heavy atom. The highest BCUT2D eigenvalue weighted by atomic mass is 16.6. The quantitative estimate of drug-likeness (QED) is 0.258. The van der Waals surface area contributed by atoms with Crippen LogP contribution in [0.1, 0.15) is 22.3 Å². The summed E-state index contributed by atoms with van der Waals surface area (Å²) >= 11 is 0. The molecule has 0 bridgehead atoms. The smallest absolute Gasteiger partial charge is 0.114 e. The predicted octanol–water partition coefficient (Wildman–Crippen LogP) is 4.98. The van der Waals surface area contributed by atoms with Crippen molar-refractivity contribution in [3.63, 3.8) is 0 Å². The Labute approximate surface area is 242 Å². The van der Waals surface area contributed by atoms with Crippen molar-refractivity contribution in [3.05, 3.63) is 144 Å². The third-order valence-electron chi connectivity index (χ3n) is 7.52. The maximum Gasteiger partial charge on any atom is 0.114 e. The van der Waals surface area contributed by atoms with Crippen LogP contribution >= 0.6 is 0 Å². The van der Waals surface area contributed by atoms with Crippen LogP contribution in [0.2, 0.25) is 0 Å². The molecule has 5 atom stereocenters. The molecule has 0 unspecified atom stereocenters. The summed E-state index contributed by atoms with van der Waals surface area (Å²) in [5.74, 6) is 0.